The number of aryl methyl sites for hydroxylation is 1. The highest BCUT2D eigenvalue weighted by atomic mass is 16.3. The summed E-state index contributed by atoms with van der Waals surface area (Å²) in [5.74, 6) is 0.499. The number of hydrogen-bond donors (Lipinski definition) is 1. The monoisotopic (exact) mass is 282 g/mol. The van der Waals surface area contributed by atoms with E-state index in [-0.39, 0.29) is 11.7 Å². The Labute approximate surface area is 121 Å². The Balaban J connectivity index is 1.84. The van der Waals surface area contributed by atoms with Crippen LogP contribution in [-0.2, 0) is 0 Å². The molecule has 3 aromatic rings. The fraction of sp³-hybridized carbons (Fsp3) is 0.125. The van der Waals surface area contributed by atoms with Crippen molar-refractivity contribution in [1.29, 1.82) is 0 Å². The van der Waals surface area contributed by atoms with E-state index in [1.807, 2.05) is 31.2 Å². The van der Waals surface area contributed by atoms with Gasteiger partial charge in [0.05, 0.1) is 6.26 Å². The number of amides is 1. The number of hydrogen-bond acceptors (Lipinski definition) is 4. The minimum atomic E-state index is -0.380. The van der Waals surface area contributed by atoms with Crippen LogP contribution in [0, 0.1) is 6.92 Å². The smallest absolute Gasteiger partial charge is 0.307 e. The summed E-state index contributed by atoms with van der Waals surface area (Å²) in [7, 11) is 0. The molecule has 0 radical (unpaired) electrons. The molecule has 0 saturated heterocycles. The van der Waals surface area contributed by atoms with Crippen LogP contribution in [0.15, 0.2) is 56.6 Å². The van der Waals surface area contributed by atoms with Gasteiger partial charge in [-0.25, -0.2) is 5.43 Å². The first-order valence-corrected chi connectivity index (χ1v) is 6.53. The van der Waals surface area contributed by atoms with Gasteiger partial charge in [-0.1, -0.05) is 18.2 Å². The quantitative estimate of drug-likeness (QED) is 0.590. The zero-order chi connectivity index (χ0) is 14.8. The molecule has 0 spiro atoms. The topological polar surface area (TPSA) is 67.7 Å². The predicted octanol–water partition coefficient (Wildman–Crippen LogP) is 3.49. The zero-order valence-electron chi connectivity index (χ0n) is 11.7. The lowest BCUT2D eigenvalue weighted by Crippen LogP contribution is -2.19. The van der Waals surface area contributed by atoms with E-state index in [9.17, 15) is 4.79 Å². The molecule has 1 amide bonds. The van der Waals surface area contributed by atoms with Crippen LogP contribution < -0.4 is 5.43 Å². The Morgan fingerprint density at radius 1 is 1.19 bits per heavy atom. The third-order valence-electron chi connectivity index (χ3n) is 3.25. The molecule has 5 nitrogen and oxygen atoms in total. The van der Waals surface area contributed by atoms with Crippen LogP contribution in [-0.4, -0.2) is 11.6 Å². The highest BCUT2D eigenvalue weighted by molar-refractivity contribution is 6.01. The molecule has 0 atom stereocenters. The van der Waals surface area contributed by atoms with Crippen molar-refractivity contribution in [2.45, 2.75) is 13.8 Å². The van der Waals surface area contributed by atoms with E-state index in [2.05, 4.69) is 10.5 Å². The van der Waals surface area contributed by atoms with Crippen LogP contribution in [0.1, 0.15) is 28.8 Å². The van der Waals surface area contributed by atoms with E-state index >= 15 is 0 Å². The maximum absolute atomic E-state index is 12.2. The van der Waals surface area contributed by atoms with E-state index < -0.39 is 0 Å². The Bertz CT molecular complexity index is 813. The molecule has 106 valence electrons. The number of furan rings is 2. The molecular weight excluding hydrogens is 268 g/mol. The van der Waals surface area contributed by atoms with Crippen molar-refractivity contribution < 1.29 is 13.6 Å². The van der Waals surface area contributed by atoms with Crippen molar-refractivity contribution >= 4 is 22.6 Å². The minimum Gasteiger partial charge on any atom is -0.463 e. The molecule has 1 N–H and O–H groups in total. The molecule has 0 unspecified atom stereocenters. The largest absolute Gasteiger partial charge is 0.463 e. The molecule has 2 heterocycles. The van der Waals surface area contributed by atoms with Gasteiger partial charge in [0.25, 0.3) is 0 Å². The van der Waals surface area contributed by atoms with Gasteiger partial charge in [-0.15, -0.1) is 0 Å². The number of rotatable bonds is 3. The summed E-state index contributed by atoms with van der Waals surface area (Å²) in [4.78, 5) is 12.2. The van der Waals surface area contributed by atoms with E-state index in [0.717, 1.165) is 10.9 Å². The second-order valence-electron chi connectivity index (χ2n) is 4.67. The number of benzene rings is 1. The third-order valence-corrected chi connectivity index (χ3v) is 3.25. The van der Waals surface area contributed by atoms with Gasteiger partial charge in [0.2, 0.25) is 0 Å². The van der Waals surface area contributed by atoms with Crippen molar-refractivity contribution in [3.8, 4) is 0 Å². The Hall–Kier alpha value is -2.82. The standard InChI is InChI=1S/C16H14N2O3/c1-10-12-6-3-4-7-14(12)21-15(10)16(19)18-17-11(2)13-8-5-9-20-13/h3-9H,1-2H3,(H,18,19)/b17-11-. The van der Waals surface area contributed by atoms with Crippen LogP contribution in [0.3, 0.4) is 0 Å². The lowest BCUT2D eigenvalue weighted by atomic mass is 10.1. The van der Waals surface area contributed by atoms with Gasteiger partial charge in [0, 0.05) is 10.9 Å². The summed E-state index contributed by atoms with van der Waals surface area (Å²) in [6, 6.07) is 11.1. The fourth-order valence-electron chi connectivity index (χ4n) is 2.12. The van der Waals surface area contributed by atoms with Crippen molar-refractivity contribution in [2.75, 3.05) is 0 Å². The first kappa shape index (κ1) is 13.2. The zero-order valence-corrected chi connectivity index (χ0v) is 11.7. The second-order valence-corrected chi connectivity index (χ2v) is 4.67. The highest BCUT2D eigenvalue weighted by Crippen LogP contribution is 2.24. The number of hydrazone groups is 1. The van der Waals surface area contributed by atoms with Crippen LogP contribution in [0.25, 0.3) is 11.0 Å². The molecule has 2 aromatic heterocycles. The van der Waals surface area contributed by atoms with E-state index in [0.29, 0.717) is 17.1 Å². The Kier molecular flexibility index (Phi) is 3.31. The van der Waals surface area contributed by atoms with Gasteiger partial charge >= 0.3 is 5.91 Å². The van der Waals surface area contributed by atoms with Crippen molar-refractivity contribution in [1.82, 2.24) is 5.43 Å². The second kappa shape index (κ2) is 5.28. The number of carbonyl (C=O) groups excluding carboxylic acids is 1. The lowest BCUT2D eigenvalue weighted by molar-refractivity contribution is 0.0928. The molecule has 21 heavy (non-hydrogen) atoms. The molecule has 1 aromatic carbocycles. The Morgan fingerprint density at radius 2 is 2.00 bits per heavy atom. The van der Waals surface area contributed by atoms with Gasteiger partial charge in [0.1, 0.15) is 17.1 Å². The summed E-state index contributed by atoms with van der Waals surface area (Å²) in [5, 5.41) is 4.94. The third kappa shape index (κ3) is 2.45. The SMILES string of the molecule is C/C(=N/NC(=O)c1oc2ccccc2c1C)c1ccco1. The molecular formula is C16H14N2O3. The van der Waals surface area contributed by atoms with Crippen LogP contribution in [0.4, 0.5) is 0 Å². The van der Waals surface area contributed by atoms with Gasteiger partial charge in [-0.05, 0) is 32.0 Å². The minimum absolute atomic E-state index is 0.271. The average Bonchev–Trinajstić information content (AvgIpc) is 3.13. The van der Waals surface area contributed by atoms with Gasteiger partial charge in [0.15, 0.2) is 5.76 Å². The maximum atomic E-state index is 12.2. The van der Waals surface area contributed by atoms with E-state index in [1.54, 1.807) is 25.3 Å². The van der Waals surface area contributed by atoms with Crippen molar-refractivity contribution in [2.24, 2.45) is 5.10 Å². The number of fused-ring (bicyclic) bond motifs is 1. The summed E-state index contributed by atoms with van der Waals surface area (Å²) in [6.07, 6.45) is 1.56. The normalized spacial score (nSPS) is 11.8. The first-order chi connectivity index (χ1) is 10.2. The van der Waals surface area contributed by atoms with Crippen LogP contribution in [0.2, 0.25) is 0 Å². The maximum Gasteiger partial charge on any atom is 0.307 e. The molecule has 0 saturated carbocycles. The van der Waals surface area contributed by atoms with E-state index in [4.69, 9.17) is 8.83 Å². The summed E-state index contributed by atoms with van der Waals surface area (Å²) < 4.78 is 10.8. The number of nitrogens with one attached hydrogen (secondary N) is 1. The van der Waals surface area contributed by atoms with Gasteiger partial charge < -0.3 is 8.83 Å². The average molecular weight is 282 g/mol. The van der Waals surface area contributed by atoms with Crippen molar-refractivity contribution in [3.63, 3.8) is 0 Å². The molecule has 0 aliphatic rings. The summed E-state index contributed by atoms with van der Waals surface area (Å²) in [5.41, 5.74) is 4.56. The van der Waals surface area contributed by atoms with E-state index in [1.165, 1.54) is 0 Å². The van der Waals surface area contributed by atoms with Crippen LogP contribution >= 0.6 is 0 Å². The van der Waals surface area contributed by atoms with Gasteiger partial charge in [-0.2, -0.15) is 5.10 Å². The molecule has 3 rings (SSSR count). The summed E-state index contributed by atoms with van der Waals surface area (Å²) >= 11 is 0. The molecule has 0 aliphatic heterocycles. The number of carbonyl (C=O) groups is 1. The number of para-hydroxylation sites is 1. The molecule has 0 fully saturated rings. The lowest BCUT2D eigenvalue weighted by Gasteiger charge is -1.99. The first-order valence-electron chi connectivity index (χ1n) is 6.53. The Morgan fingerprint density at radius 3 is 2.71 bits per heavy atom. The molecule has 0 aliphatic carbocycles. The summed E-state index contributed by atoms with van der Waals surface area (Å²) in [6.45, 7) is 3.61. The van der Waals surface area contributed by atoms with Crippen molar-refractivity contribution in [3.05, 3.63) is 59.7 Å². The predicted molar refractivity (Wildman–Crippen MR) is 79.3 cm³/mol. The highest BCUT2D eigenvalue weighted by Gasteiger charge is 2.17. The van der Waals surface area contributed by atoms with Gasteiger partial charge in [-0.3, -0.25) is 4.79 Å². The van der Waals surface area contributed by atoms with Crippen LogP contribution in [0.5, 0.6) is 0 Å². The molecule has 0 bridgehead atoms. The fourth-order valence-corrected chi connectivity index (χ4v) is 2.12. The number of nitrogens with zero attached hydrogens (tertiary/aromatic N) is 1. The molecule has 5 heteroatoms.